The van der Waals surface area contributed by atoms with Gasteiger partial charge in [0.25, 0.3) is 5.91 Å². The van der Waals surface area contributed by atoms with Crippen molar-refractivity contribution in [3.05, 3.63) is 108 Å². The molecule has 0 saturated carbocycles. The highest BCUT2D eigenvalue weighted by atomic mass is 32.2. The van der Waals surface area contributed by atoms with E-state index in [0.29, 0.717) is 22.8 Å². The maximum atomic E-state index is 13.1. The second-order valence-corrected chi connectivity index (χ2v) is 8.56. The molecule has 7 nitrogen and oxygen atoms in total. The first kappa shape index (κ1) is 21.7. The molecular formula is C26H21N5O2S. The molecule has 168 valence electrons. The van der Waals surface area contributed by atoms with E-state index >= 15 is 0 Å². The van der Waals surface area contributed by atoms with Crippen LogP contribution in [-0.4, -0.2) is 25.3 Å². The van der Waals surface area contributed by atoms with Crippen LogP contribution < -0.4 is 10.1 Å². The lowest BCUT2D eigenvalue weighted by molar-refractivity contribution is 0.102. The standard InChI is InChI=1S/C26H21N5O2S/c1-18-15-20(33-26-27-12-6-13-28-26)10-11-22(18)30-25(32)21-7-2-3-8-23(21)34-17-19-16-31-14-5-4-9-24(31)29-19/h2-16H,17H2,1H3,(H,30,32). The molecule has 0 spiro atoms. The molecule has 2 aromatic carbocycles. The number of hydrogen-bond acceptors (Lipinski definition) is 6. The number of aryl methyl sites for hydroxylation is 1. The summed E-state index contributed by atoms with van der Waals surface area (Å²) in [6.07, 6.45) is 7.23. The minimum atomic E-state index is -0.165. The van der Waals surface area contributed by atoms with Gasteiger partial charge >= 0.3 is 6.01 Å². The van der Waals surface area contributed by atoms with Crippen molar-refractivity contribution in [1.82, 2.24) is 19.4 Å². The third-order valence-corrected chi connectivity index (χ3v) is 6.23. The van der Waals surface area contributed by atoms with Crippen molar-refractivity contribution in [2.24, 2.45) is 0 Å². The zero-order valence-corrected chi connectivity index (χ0v) is 19.2. The summed E-state index contributed by atoms with van der Waals surface area (Å²) in [5.41, 5.74) is 4.07. The van der Waals surface area contributed by atoms with Gasteiger partial charge in [0.15, 0.2) is 0 Å². The van der Waals surface area contributed by atoms with E-state index in [1.54, 1.807) is 36.3 Å². The minimum Gasteiger partial charge on any atom is -0.424 e. The fourth-order valence-electron chi connectivity index (χ4n) is 3.46. The number of thioether (sulfide) groups is 1. The van der Waals surface area contributed by atoms with E-state index < -0.39 is 0 Å². The maximum Gasteiger partial charge on any atom is 0.321 e. The Hall–Kier alpha value is -4.17. The molecule has 0 atom stereocenters. The number of anilines is 1. The number of carbonyl (C=O) groups excluding carboxylic acids is 1. The number of rotatable bonds is 7. The molecule has 0 fully saturated rings. The lowest BCUT2D eigenvalue weighted by Gasteiger charge is -2.12. The smallest absolute Gasteiger partial charge is 0.321 e. The lowest BCUT2D eigenvalue weighted by Crippen LogP contribution is -2.13. The number of nitrogens with zero attached hydrogens (tertiary/aromatic N) is 4. The van der Waals surface area contributed by atoms with Gasteiger partial charge in [-0.2, -0.15) is 0 Å². The third-order valence-electron chi connectivity index (χ3n) is 5.12. The number of carbonyl (C=O) groups is 1. The Kier molecular flexibility index (Phi) is 6.22. The van der Waals surface area contributed by atoms with Crippen LogP contribution in [-0.2, 0) is 5.75 Å². The highest BCUT2D eigenvalue weighted by molar-refractivity contribution is 7.98. The van der Waals surface area contributed by atoms with Crippen LogP contribution in [0.4, 0.5) is 5.69 Å². The van der Waals surface area contributed by atoms with E-state index in [1.165, 1.54) is 0 Å². The average Bonchev–Trinajstić information content (AvgIpc) is 3.28. The van der Waals surface area contributed by atoms with Gasteiger partial charge in [-0.1, -0.05) is 18.2 Å². The Labute approximate surface area is 200 Å². The van der Waals surface area contributed by atoms with E-state index in [1.807, 2.05) is 78.3 Å². The van der Waals surface area contributed by atoms with Gasteiger partial charge < -0.3 is 14.5 Å². The van der Waals surface area contributed by atoms with Crippen molar-refractivity contribution in [3.8, 4) is 11.8 Å². The number of ether oxygens (including phenoxy) is 1. The number of amides is 1. The third kappa shape index (κ3) is 4.92. The largest absolute Gasteiger partial charge is 0.424 e. The number of pyridine rings is 1. The van der Waals surface area contributed by atoms with Crippen molar-refractivity contribution in [3.63, 3.8) is 0 Å². The average molecular weight is 468 g/mol. The highest BCUT2D eigenvalue weighted by Crippen LogP contribution is 2.28. The molecule has 0 saturated heterocycles. The topological polar surface area (TPSA) is 81.4 Å². The summed E-state index contributed by atoms with van der Waals surface area (Å²) < 4.78 is 7.67. The molecule has 0 unspecified atom stereocenters. The minimum absolute atomic E-state index is 0.165. The Bertz CT molecular complexity index is 1420. The van der Waals surface area contributed by atoms with E-state index in [9.17, 15) is 4.79 Å². The number of benzene rings is 2. The molecule has 1 amide bonds. The van der Waals surface area contributed by atoms with Crippen LogP contribution in [0.3, 0.4) is 0 Å². The summed E-state index contributed by atoms with van der Waals surface area (Å²) in [6, 6.07) is 21.0. The number of aromatic nitrogens is 4. The van der Waals surface area contributed by atoms with E-state index in [-0.39, 0.29) is 11.9 Å². The van der Waals surface area contributed by atoms with Crippen LogP contribution in [0.5, 0.6) is 11.8 Å². The van der Waals surface area contributed by atoms with Crippen molar-refractivity contribution in [2.45, 2.75) is 17.6 Å². The van der Waals surface area contributed by atoms with E-state index in [0.717, 1.165) is 21.8 Å². The fraction of sp³-hybridized carbons (Fsp3) is 0.0769. The van der Waals surface area contributed by atoms with Crippen LogP contribution in [0.2, 0.25) is 0 Å². The Morgan fingerprint density at radius 2 is 1.85 bits per heavy atom. The molecule has 0 bridgehead atoms. The Balaban J connectivity index is 1.28. The van der Waals surface area contributed by atoms with E-state index in [2.05, 4.69) is 20.3 Å². The van der Waals surface area contributed by atoms with Gasteiger partial charge in [-0.3, -0.25) is 4.79 Å². The molecule has 1 N–H and O–H groups in total. The molecule has 5 aromatic rings. The van der Waals surface area contributed by atoms with E-state index in [4.69, 9.17) is 4.74 Å². The molecule has 0 radical (unpaired) electrons. The highest BCUT2D eigenvalue weighted by Gasteiger charge is 2.14. The van der Waals surface area contributed by atoms with Gasteiger partial charge in [-0.15, -0.1) is 11.8 Å². The number of imidazole rings is 1. The van der Waals surface area contributed by atoms with Crippen LogP contribution >= 0.6 is 11.8 Å². The number of fused-ring (bicyclic) bond motifs is 1. The molecule has 3 aromatic heterocycles. The monoisotopic (exact) mass is 467 g/mol. The van der Waals surface area contributed by atoms with Crippen LogP contribution in [0.15, 0.2) is 96.4 Å². The predicted octanol–water partition coefficient (Wildman–Crippen LogP) is 5.77. The fourth-order valence-corrected chi connectivity index (χ4v) is 4.40. The predicted molar refractivity (Wildman–Crippen MR) is 132 cm³/mol. The van der Waals surface area contributed by atoms with Crippen molar-refractivity contribution in [2.75, 3.05) is 5.32 Å². The van der Waals surface area contributed by atoms with Gasteiger partial charge in [0.2, 0.25) is 0 Å². The summed E-state index contributed by atoms with van der Waals surface area (Å²) in [4.78, 5) is 26.8. The molecular weight excluding hydrogens is 446 g/mol. The second-order valence-electron chi connectivity index (χ2n) is 7.55. The first-order valence-corrected chi connectivity index (χ1v) is 11.7. The van der Waals surface area contributed by atoms with Gasteiger partial charge in [-0.25, -0.2) is 15.0 Å². The van der Waals surface area contributed by atoms with Crippen molar-refractivity contribution >= 4 is 29.0 Å². The zero-order valence-electron chi connectivity index (χ0n) is 18.4. The second kappa shape index (κ2) is 9.76. The molecule has 5 rings (SSSR count). The molecule has 34 heavy (non-hydrogen) atoms. The van der Waals surface area contributed by atoms with Gasteiger partial charge in [-0.05, 0) is 61.0 Å². The van der Waals surface area contributed by atoms with Crippen LogP contribution in [0.25, 0.3) is 5.65 Å². The molecule has 0 aliphatic carbocycles. The van der Waals surface area contributed by atoms with Gasteiger partial charge in [0, 0.05) is 41.1 Å². The molecule has 0 aliphatic heterocycles. The van der Waals surface area contributed by atoms with Crippen molar-refractivity contribution in [1.29, 1.82) is 0 Å². The Morgan fingerprint density at radius 3 is 2.68 bits per heavy atom. The first-order valence-electron chi connectivity index (χ1n) is 10.7. The van der Waals surface area contributed by atoms with Gasteiger partial charge in [0.05, 0.1) is 11.3 Å². The zero-order chi connectivity index (χ0) is 23.3. The molecule has 3 heterocycles. The normalized spacial score (nSPS) is 10.9. The summed E-state index contributed by atoms with van der Waals surface area (Å²) >= 11 is 1.59. The van der Waals surface area contributed by atoms with Crippen molar-refractivity contribution < 1.29 is 9.53 Å². The quantitative estimate of drug-likeness (QED) is 0.306. The Morgan fingerprint density at radius 1 is 1.03 bits per heavy atom. The van der Waals surface area contributed by atoms with Crippen LogP contribution in [0.1, 0.15) is 21.6 Å². The lowest BCUT2D eigenvalue weighted by atomic mass is 10.1. The number of hydrogen-bond donors (Lipinski definition) is 1. The maximum absolute atomic E-state index is 13.1. The summed E-state index contributed by atoms with van der Waals surface area (Å²) in [5.74, 6) is 1.10. The van der Waals surface area contributed by atoms with Crippen LogP contribution in [0, 0.1) is 6.92 Å². The van der Waals surface area contributed by atoms with Gasteiger partial charge in [0.1, 0.15) is 11.4 Å². The summed E-state index contributed by atoms with van der Waals surface area (Å²) in [6.45, 7) is 1.92. The molecule has 8 heteroatoms. The molecule has 0 aliphatic rings. The summed E-state index contributed by atoms with van der Waals surface area (Å²) in [7, 11) is 0. The summed E-state index contributed by atoms with van der Waals surface area (Å²) in [5, 5.41) is 3.02. The number of nitrogens with one attached hydrogen (secondary N) is 1. The SMILES string of the molecule is Cc1cc(Oc2ncccn2)ccc1NC(=O)c1ccccc1SCc1cn2ccccc2n1. The first-order chi connectivity index (χ1) is 16.7.